The third kappa shape index (κ3) is 5.73. The number of unbranched alkanes of at least 4 members (excludes halogenated alkanes) is 1. The number of primary amides is 1. The minimum Gasteiger partial charge on any atom is -0.484 e. The summed E-state index contributed by atoms with van der Waals surface area (Å²) in [7, 11) is 0. The fraction of sp³-hybridized carbons (Fsp3) is 0.261. The second-order valence-electron chi connectivity index (χ2n) is 6.97. The van der Waals surface area contributed by atoms with Gasteiger partial charge in [0.25, 0.3) is 11.8 Å². The summed E-state index contributed by atoms with van der Waals surface area (Å²) in [4.78, 5) is 30.9. The normalized spacial score (nSPS) is 16.5. The Kier molecular flexibility index (Phi) is 7.30. The fourth-order valence-electron chi connectivity index (χ4n) is 2.80. The molecule has 2 N–H and O–H groups in total. The molecule has 0 spiro atoms. The average molecular weight is 424 g/mol. The van der Waals surface area contributed by atoms with E-state index in [2.05, 4.69) is 6.92 Å². The second kappa shape index (κ2) is 10.1. The van der Waals surface area contributed by atoms with Crippen molar-refractivity contribution < 1.29 is 14.3 Å². The Hall–Kier alpha value is -3.06. The summed E-state index contributed by atoms with van der Waals surface area (Å²) in [6, 6.07) is 15.1. The van der Waals surface area contributed by atoms with Crippen LogP contribution in [0.5, 0.6) is 5.75 Å². The van der Waals surface area contributed by atoms with Crippen LogP contribution in [-0.4, -0.2) is 35.0 Å². The highest BCUT2D eigenvalue weighted by Crippen LogP contribution is 2.34. The van der Waals surface area contributed by atoms with Gasteiger partial charge in [-0.1, -0.05) is 43.2 Å². The highest BCUT2D eigenvalue weighted by molar-refractivity contribution is 8.18. The minimum absolute atomic E-state index is 0.0339. The number of carbonyl (C=O) groups is 2. The molecule has 3 rings (SSSR count). The van der Waals surface area contributed by atoms with Gasteiger partial charge in [-0.2, -0.15) is 0 Å². The monoisotopic (exact) mass is 423 g/mol. The van der Waals surface area contributed by atoms with Gasteiger partial charge >= 0.3 is 0 Å². The van der Waals surface area contributed by atoms with Gasteiger partial charge in [0.2, 0.25) is 0 Å². The molecule has 0 aliphatic carbocycles. The molecule has 1 fully saturated rings. The molecular weight excluding hydrogens is 398 g/mol. The maximum atomic E-state index is 13.0. The van der Waals surface area contributed by atoms with Crippen LogP contribution in [0.1, 0.15) is 30.9 Å². The summed E-state index contributed by atoms with van der Waals surface area (Å²) < 4.78 is 5.27. The molecule has 0 unspecified atom stereocenters. The Morgan fingerprint density at radius 3 is 2.50 bits per heavy atom. The summed E-state index contributed by atoms with van der Waals surface area (Å²) in [5.41, 5.74) is 7.95. The average Bonchev–Trinajstić information content (AvgIpc) is 3.01. The van der Waals surface area contributed by atoms with E-state index < -0.39 is 5.91 Å². The molecule has 2 amide bonds. The summed E-state index contributed by atoms with van der Waals surface area (Å²) in [5.74, 6) is -0.0115. The number of benzene rings is 2. The van der Waals surface area contributed by atoms with E-state index in [0.717, 1.165) is 24.1 Å². The SMILES string of the molecule is CCCCN1C(=O)/C(=C\c2ccc(OCC(N)=O)cc2)SC1=Nc1ccc(C)cc1. The maximum Gasteiger partial charge on any atom is 0.266 e. The molecule has 0 bridgehead atoms. The number of hydrogen-bond donors (Lipinski definition) is 1. The number of rotatable bonds is 8. The van der Waals surface area contributed by atoms with Gasteiger partial charge in [0.15, 0.2) is 11.8 Å². The van der Waals surface area contributed by atoms with Crippen molar-refractivity contribution in [3.8, 4) is 5.75 Å². The van der Waals surface area contributed by atoms with Crippen LogP contribution in [0.3, 0.4) is 0 Å². The first-order valence-corrected chi connectivity index (χ1v) is 10.7. The van der Waals surface area contributed by atoms with Crippen LogP contribution in [-0.2, 0) is 9.59 Å². The molecule has 0 saturated carbocycles. The largest absolute Gasteiger partial charge is 0.484 e. The van der Waals surface area contributed by atoms with E-state index >= 15 is 0 Å². The van der Waals surface area contributed by atoms with Gasteiger partial charge in [0, 0.05) is 6.54 Å². The molecule has 2 aromatic carbocycles. The molecule has 1 heterocycles. The highest BCUT2D eigenvalue weighted by atomic mass is 32.2. The zero-order valence-electron chi connectivity index (χ0n) is 17.1. The highest BCUT2D eigenvalue weighted by Gasteiger charge is 2.32. The van der Waals surface area contributed by atoms with Crippen molar-refractivity contribution in [1.29, 1.82) is 0 Å². The quantitative estimate of drug-likeness (QED) is 0.643. The molecule has 0 radical (unpaired) electrons. The van der Waals surface area contributed by atoms with E-state index in [9.17, 15) is 9.59 Å². The molecule has 156 valence electrons. The number of aryl methyl sites for hydroxylation is 1. The van der Waals surface area contributed by atoms with Crippen molar-refractivity contribution in [2.24, 2.45) is 10.7 Å². The number of ether oxygens (including phenoxy) is 1. The van der Waals surface area contributed by atoms with E-state index in [-0.39, 0.29) is 12.5 Å². The minimum atomic E-state index is -0.526. The smallest absolute Gasteiger partial charge is 0.266 e. The molecule has 1 aliphatic rings. The molecular formula is C23H25N3O3S. The van der Waals surface area contributed by atoms with Crippen molar-refractivity contribution in [3.05, 3.63) is 64.6 Å². The molecule has 6 nitrogen and oxygen atoms in total. The molecule has 1 aliphatic heterocycles. The van der Waals surface area contributed by atoms with Gasteiger partial charge < -0.3 is 10.5 Å². The van der Waals surface area contributed by atoms with Crippen LogP contribution in [0.4, 0.5) is 5.69 Å². The number of carbonyl (C=O) groups excluding carboxylic acids is 2. The predicted octanol–water partition coefficient (Wildman–Crippen LogP) is 4.26. The third-order valence-electron chi connectivity index (χ3n) is 4.44. The van der Waals surface area contributed by atoms with E-state index in [1.165, 1.54) is 17.3 Å². The van der Waals surface area contributed by atoms with Gasteiger partial charge in [-0.25, -0.2) is 4.99 Å². The van der Waals surface area contributed by atoms with Crippen LogP contribution in [0.2, 0.25) is 0 Å². The first-order valence-electron chi connectivity index (χ1n) is 9.84. The van der Waals surface area contributed by atoms with Crippen molar-refractivity contribution in [1.82, 2.24) is 4.90 Å². The number of aliphatic imine (C=N–C) groups is 1. The number of hydrogen-bond acceptors (Lipinski definition) is 5. The molecule has 2 aromatic rings. The summed E-state index contributed by atoms with van der Waals surface area (Å²) in [6.45, 7) is 4.61. The Morgan fingerprint density at radius 1 is 1.17 bits per heavy atom. The predicted molar refractivity (Wildman–Crippen MR) is 122 cm³/mol. The van der Waals surface area contributed by atoms with Crippen LogP contribution in [0.25, 0.3) is 6.08 Å². The summed E-state index contributed by atoms with van der Waals surface area (Å²) >= 11 is 1.38. The Labute approximate surface area is 180 Å². The van der Waals surface area contributed by atoms with Gasteiger partial charge in [0.05, 0.1) is 10.6 Å². The number of thioether (sulfide) groups is 1. The molecule has 1 saturated heterocycles. The van der Waals surface area contributed by atoms with Gasteiger partial charge in [-0.15, -0.1) is 0 Å². The van der Waals surface area contributed by atoms with Crippen molar-refractivity contribution in [2.45, 2.75) is 26.7 Å². The fourth-order valence-corrected chi connectivity index (χ4v) is 3.83. The zero-order valence-corrected chi connectivity index (χ0v) is 17.9. The topological polar surface area (TPSA) is 85.0 Å². The lowest BCUT2D eigenvalue weighted by Gasteiger charge is -2.14. The van der Waals surface area contributed by atoms with Crippen LogP contribution in [0, 0.1) is 6.92 Å². The third-order valence-corrected chi connectivity index (χ3v) is 5.45. The van der Waals surface area contributed by atoms with E-state index in [0.29, 0.717) is 22.4 Å². The van der Waals surface area contributed by atoms with Gasteiger partial charge in [-0.05, 0) is 61.0 Å². The van der Waals surface area contributed by atoms with Gasteiger partial charge in [0.1, 0.15) is 5.75 Å². The van der Waals surface area contributed by atoms with Crippen molar-refractivity contribution in [3.63, 3.8) is 0 Å². The summed E-state index contributed by atoms with van der Waals surface area (Å²) in [6.07, 6.45) is 3.76. The van der Waals surface area contributed by atoms with Gasteiger partial charge in [-0.3, -0.25) is 14.5 Å². The lowest BCUT2D eigenvalue weighted by Crippen LogP contribution is -2.30. The standard InChI is InChI=1S/C23H25N3O3S/c1-3-4-13-26-22(28)20(30-23(26)25-18-9-5-16(2)6-10-18)14-17-7-11-19(12-8-17)29-15-21(24)27/h5-12,14H,3-4,13,15H2,1-2H3,(H2,24,27)/b20-14+,25-23?. The number of nitrogens with two attached hydrogens (primary N) is 1. The lowest BCUT2D eigenvalue weighted by molar-refractivity contribution is -0.122. The maximum absolute atomic E-state index is 13.0. The number of amidine groups is 1. The Morgan fingerprint density at radius 2 is 1.87 bits per heavy atom. The van der Waals surface area contributed by atoms with Crippen LogP contribution in [0.15, 0.2) is 58.4 Å². The van der Waals surface area contributed by atoms with Crippen molar-refractivity contribution >= 4 is 40.5 Å². The first kappa shape index (κ1) is 21.6. The second-order valence-corrected chi connectivity index (χ2v) is 7.98. The van der Waals surface area contributed by atoms with E-state index in [4.69, 9.17) is 15.5 Å². The number of amides is 2. The number of nitrogens with zero attached hydrogens (tertiary/aromatic N) is 2. The zero-order chi connectivity index (χ0) is 21.5. The lowest BCUT2D eigenvalue weighted by atomic mass is 10.2. The molecule has 30 heavy (non-hydrogen) atoms. The van der Waals surface area contributed by atoms with E-state index in [1.807, 2.05) is 49.4 Å². The molecule has 0 atom stereocenters. The Balaban J connectivity index is 1.81. The van der Waals surface area contributed by atoms with Crippen LogP contribution >= 0.6 is 11.8 Å². The molecule has 0 aromatic heterocycles. The Bertz CT molecular complexity index is 966. The van der Waals surface area contributed by atoms with E-state index in [1.54, 1.807) is 17.0 Å². The summed E-state index contributed by atoms with van der Waals surface area (Å²) in [5, 5.41) is 0.699. The van der Waals surface area contributed by atoms with Crippen LogP contribution < -0.4 is 10.5 Å². The van der Waals surface area contributed by atoms with Crippen molar-refractivity contribution in [2.75, 3.05) is 13.2 Å². The molecule has 7 heteroatoms. The first-order chi connectivity index (χ1) is 14.5.